The van der Waals surface area contributed by atoms with Crippen LogP contribution in [-0.4, -0.2) is 33.1 Å². The molecule has 6 nitrogen and oxygen atoms in total. The molecule has 11 heteroatoms. The van der Waals surface area contributed by atoms with Gasteiger partial charge in [-0.05, 0) is 37.2 Å². The van der Waals surface area contributed by atoms with Crippen LogP contribution in [0.3, 0.4) is 0 Å². The summed E-state index contributed by atoms with van der Waals surface area (Å²) in [7, 11) is 2.56. The fourth-order valence-electron chi connectivity index (χ4n) is 5.21. The second kappa shape index (κ2) is 8.40. The van der Waals surface area contributed by atoms with Gasteiger partial charge in [-0.2, -0.15) is 0 Å². The van der Waals surface area contributed by atoms with Crippen molar-refractivity contribution in [1.29, 1.82) is 0 Å². The van der Waals surface area contributed by atoms with Crippen molar-refractivity contribution in [2.24, 2.45) is 17.8 Å². The molecule has 2 bridgehead atoms. The molecule has 0 saturated heterocycles. The van der Waals surface area contributed by atoms with E-state index in [1.54, 1.807) is 10.2 Å². The van der Waals surface area contributed by atoms with Gasteiger partial charge in [0.05, 0.1) is 24.7 Å². The Hall–Kier alpha value is -2.02. The van der Waals surface area contributed by atoms with Crippen molar-refractivity contribution in [3.8, 4) is 11.4 Å². The van der Waals surface area contributed by atoms with Crippen LogP contribution in [0, 0.1) is 35.2 Å². The molecule has 0 unspecified atom stereocenters. The minimum Gasteiger partial charge on any atom is -0.469 e. The standard InChI is InChI=1S/C21H18F3IN4O2S/c1-31-21(30)16-9-2-3-10(4-9)17(16)27-20-15(24)7-26-19(28-20)13-8-29(32-25)18-12(13)5-11(22)6-14(18)23/h5-10,16-17H,2-4H2,1H3,(H,26,27,28)/t9-,10+,16+,17+/m1/s1. The molecule has 2 aromatic heterocycles. The van der Waals surface area contributed by atoms with E-state index in [9.17, 15) is 18.0 Å². The van der Waals surface area contributed by atoms with E-state index in [4.69, 9.17) is 4.74 Å². The molecule has 2 fully saturated rings. The Bertz CT molecular complexity index is 1220. The quantitative estimate of drug-likeness (QED) is 0.327. The number of benzene rings is 1. The highest BCUT2D eigenvalue weighted by molar-refractivity contribution is 14.2. The summed E-state index contributed by atoms with van der Waals surface area (Å²) in [6.45, 7) is 0. The first-order valence-electron chi connectivity index (χ1n) is 10.1. The molecule has 3 aromatic rings. The number of anilines is 1. The van der Waals surface area contributed by atoms with Crippen LogP contribution in [0.15, 0.2) is 24.5 Å². The normalized spacial score (nSPS) is 24.3. The van der Waals surface area contributed by atoms with Gasteiger partial charge < -0.3 is 10.1 Å². The largest absolute Gasteiger partial charge is 0.469 e. The molecule has 1 N–H and O–H groups in total. The van der Waals surface area contributed by atoms with Crippen LogP contribution >= 0.6 is 30.3 Å². The van der Waals surface area contributed by atoms with Gasteiger partial charge in [-0.25, -0.2) is 23.1 Å². The number of aromatic nitrogens is 3. The van der Waals surface area contributed by atoms with Crippen LogP contribution in [-0.2, 0) is 9.53 Å². The summed E-state index contributed by atoms with van der Waals surface area (Å²) in [5.41, 5.74) is 0.574. The Morgan fingerprint density at radius 1 is 1.25 bits per heavy atom. The first kappa shape index (κ1) is 21.8. The Balaban J connectivity index is 1.55. The number of rotatable bonds is 5. The first-order valence-corrected chi connectivity index (χ1v) is 13.4. The first-order chi connectivity index (χ1) is 15.4. The zero-order valence-corrected chi connectivity index (χ0v) is 19.8. The third-order valence-corrected chi connectivity index (χ3v) is 8.25. The maximum absolute atomic E-state index is 14.7. The zero-order valence-electron chi connectivity index (χ0n) is 16.8. The summed E-state index contributed by atoms with van der Waals surface area (Å²) < 4.78 is 49.6. The average Bonchev–Trinajstić information content (AvgIpc) is 3.48. The molecule has 2 saturated carbocycles. The third-order valence-electron chi connectivity index (χ3n) is 6.54. The predicted molar refractivity (Wildman–Crippen MR) is 124 cm³/mol. The van der Waals surface area contributed by atoms with Crippen molar-refractivity contribution in [3.05, 3.63) is 42.0 Å². The third kappa shape index (κ3) is 3.53. The molecule has 0 spiro atoms. The molecule has 2 heterocycles. The van der Waals surface area contributed by atoms with Crippen LogP contribution in [0.1, 0.15) is 19.3 Å². The molecule has 168 valence electrons. The average molecular weight is 574 g/mol. The zero-order chi connectivity index (χ0) is 22.6. The number of methoxy groups -OCH3 is 1. The lowest BCUT2D eigenvalue weighted by atomic mass is 9.84. The van der Waals surface area contributed by atoms with Gasteiger partial charge >= 0.3 is 5.97 Å². The number of halogens is 4. The molecule has 0 amide bonds. The molecule has 32 heavy (non-hydrogen) atoms. The van der Waals surface area contributed by atoms with Crippen molar-refractivity contribution in [3.63, 3.8) is 0 Å². The van der Waals surface area contributed by atoms with E-state index in [1.807, 2.05) is 21.2 Å². The summed E-state index contributed by atoms with van der Waals surface area (Å²) in [6.07, 6.45) is 5.41. The minimum absolute atomic E-state index is 0.0404. The van der Waals surface area contributed by atoms with Crippen LogP contribution in [0.4, 0.5) is 19.0 Å². The van der Waals surface area contributed by atoms with Gasteiger partial charge in [0.15, 0.2) is 23.3 Å². The number of nitrogens with zero attached hydrogens (tertiary/aromatic N) is 3. The summed E-state index contributed by atoms with van der Waals surface area (Å²) in [4.78, 5) is 20.8. The lowest BCUT2D eigenvalue weighted by molar-refractivity contribution is -0.147. The van der Waals surface area contributed by atoms with Gasteiger partial charge in [0.1, 0.15) is 5.82 Å². The summed E-state index contributed by atoms with van der Waals surface area (Å²) in [6, 6.07) is 1.73. The van der Waals surface area contributed by atoms with E-state index in [1.165, 1.54) is 22.3 Å². The smallest absolute Gasteiger partial charge is 0.311 e. The van der Waals surface area contributed by atoms with Gasteiger partial charge in [-0.3, -0.25) is 8.77 Å². The highest BCUT2D eigenvalue weighted by Gasteiger charge is 2.51. The van der Waals surface area contributed by atoms with Crippen LogP contribution in [0.25, 0.3) is 22.3 Å². The van der Waals surface area contributed by atoms with Gasteiger partial charge in [0, 0.05) is 59.6 Å². The highest BCUT2D eigenvalue weighted by Crippen LogP contribution is 2.50. The lowest BCUT2D eigenvalue weighted by Gasteiger charge is -2.30. The summed E-state index contributed by atoms with van der Waals surface area (Å²) >= 11 is 1.99. The number of esters is 1. The molecular formula is C21H18F3IN4O2S. The van der Waals surface area contributed by atoms with E-state index in [-0.39, 0.29) is 52.3 Å². The molecule has 1 aromatic carbocycles. The Labute approximate surface area is 198 Å². The van der Waals surface area contributed by atoms with Crippen molar-refractivity contribution in [2.45, 2.75) is 25.3 Å². The Morgan fingerprint density at radius 3 is 2.78 bits per heavy atom. The van der Waals surface area contributed by atoms with Crippen molar-refractivity contribution >= 4 is 53.0 Å². The number of hydrogen-bond acceptors (Lipinski definition) is 6. The van der Waals surface area contributed by atoms with Crippen molar-refractivity contribution in [1.82, 2.24) is 13.9 Å². The summed E-state index contributed by atoms with van der Waals surface area (Å²) in [5.74, 6) is -2.25. The number of carbonyl (C=O) groups excluding carboxylic acids is 1. The van der Waals surface area contributed by atoms with Gasteiger partial charge in [0.2, 0.25) is 0 Å². The maximum Gasteiger partial charge on any atom is 0.311 e. The molecule has 5 rings (SSSR count). The topological polar surface area (TPSA) is 69.0 Å². The number of ether oxygens (including phenoxy) is 1. The predicted octanol–water partition coefficient (Wildman–Crippen LogP) is 5.36. The van der Waals surface area contributed by atoms with E-state index in [0.717, 1.165) is 31.5 Å². The SMILES string of the molecule is COC(=O)[C@H]1[C@@H]2CC[C@@H](C2)[C@@H]1Nc1nc(-c2cn(SI)c3c(F)cc(F)cc23)ncc1F. The molecule has 0 aliphatic heterocycles. The molecule has 2 aliphatic carbocycles. The monoisotopic (exact) mass is 574 g/mol. The molecular weight excluding hydrogens is 556 g/mol. The van der Waals surface area contributed by atoms with Gasteiger partial charge in [-0.1, -0.05) is 0 Å². The van der Waals surface area contributed by atoms with E-state index in [0.29, 0.717) is 5.56 Å². The number of nitrogens with one attached hydrogen (secondary N) is 1. The number of hydrogen-bond donors (Lipinski definition) is 1. The Kier molecular flexibility index (Phi) is 5.72. The van der Waals surface area contributed by atoms with Crippen LogP contribution in [0.5, 0.6) is 0 Å². The fourth-order valence-corrected chi connectivity index (χ4v) is 6.54. The summed E-state index contributed by atoms with van der Waals surface area (Å²) in [5, 5.41) is 3.41. The van der Waals surface area contributed by atoms with E-state index < -0.39 is 17.5 Å². The van der Waals surface area contributed by atoms with Crippen LogP contribution < -0.4 is 5.32 Å². The van der Waals surface area contributed by atoms with Crippen molar-refractivity contribution in [2.75, 3.05) is 12.4 Å². The van der Waals surface area contributed by atoms with E-state index >= 15 is 0 Å². The molecule has 0 radical (unpaired) electrons. The van der Waals surface area contributed by atoms with Crippen molar-refractivity contribution < 1.29 is 22.7 Å². The molecule has 4 atom stereocenters. The lowest BCUT2D eigenvalue weighted by Crippen LogP contribution is -2.40. The number of carbonyl (C=O) groups is 1. The van der Waals surface area contributed by atoms with Gasteiger partial charge in [0.25, 0.3) is 0 Å². The minimum atomic E-state index is -0.726. The second-order valence-electron chi connectivity index (χ2n) is 8.16. The second-order valence-corrected chi connectivity index (χ2v) is 9.88. The Morgan fingerprint density at radius 2 is 2.03 bits per heavy atom. The molecule has 2 aliphatic rings. The highest BCUT2D eigenvalue weighted by atomic mass is 127. The van der Waals surface area contributed by atoms with Gasteiger partial charge in [-0.15, -0.1) is 0 Å². The van der Waals surface area contributed by atoms with Crippen LogP contribution in [0.2, 0.25) is 0 Å². The maximum atomic E-state index is 14.7. The fraction of sp³-hybridized carbons (Fsp3) is 0.381. The number of fused-ring (bicyclic) bond motifs is 3. The van der Waals surface area contributed by atoms with E-state index in [2.05, 4.69) is 15.3 Å².